The Morgan fingerprint density at radius 3 is 2.38 bits per heavy atom. The molecular formula is C11H16ClNO3. The molecule has 0 aliphatic heterocycles. The second-order valence-corrected chi connectivity index (χ2v) is 3.54. The van der Waals surface area contributed by atoms with Gasteiger partial charge in [-0.2, -0.15) is 0 Å². The zero-order valence-electron chi connectivity index (χ0n) is 9.62. The van der Waals surface area contributed by atoms with E-state index in [1.165, 1.54) is 7.11 Å². The molecule has 0 aliphatic carbocycles. The summed E-state index contributed by atoms with van der Waals surface area (Å²) in [4.78, 5) is 0. The van der Waals surface area contributed by atoms with Crippen molar-refractivity contribution in [3.63, 3.8) is 0 Å². The van der Waals surface area contributed by atoms with Crippen LogP contribution in [0.4, 0.5) is 0 Å². The van der Waals surface area contributed by atoms with E-state index in [1.807, 2.05) is 6.07 Å². The van der Waals surface area contributed by atoms with Crippen LogP contribution in [0.25, 0.3) is 0 Å². The number of nitrogens with two attached hydrogens (primary N) is 1. The molecule has 1 aromatic rings. The summed E-state index contributed by atoms with van der Waals surface area (Å²) in [5.41, 5.74) is 6.39. The monoisotopic (exact) mass is 245 g/mol. The molecule has 4 nitrogen and oxygen atoms in total. The van der Waals surface area contributed by atoms with Crippen LogP contribution >= 0.6 is 11.6 Å². The van der Waals surface area contributed by atoms with Gasteiger partial charge in [0.2, 0.25) is 0 Å². The summed E-state index contributed by atoms with van der Waals surface area (Å²) in [7, 11) is 4.69. The minimum absolute atomic E-state index is 0.243. The van der Waals surface area contributed by atoms with Crippen molar-refractivity contribution in [3.05, 3.63) is 22.7 Å². The fourth-order valence-corrected chi connectivity index (χ4v) is 1.86. The van der Waals surface area contributed by atoms with Gasteiger partial charge in [-0.1, -0.05) is 17.7 Å². The summed E-state index contributed by atoms with van der Waals surface area (Å²) in [5.74, 6) is 1.08. The lowest BCUT2D eigenvalue weighted by Crippen LogP contribution is -2.14. The average Bonchev–Trinajstić information content (AvgIpc) is 2.32. The van der Waals surface area contributed by atoms with Gasteiger partial charge in [-0.05, 0) is 6.07 Å². The van der Waals surface area contributed by atoms with Crippen LogP contribution in [0.3, 0.4) is 0 Å². The Morgan fingerprint density at radius 2 is 1.94 bits per heavy atom. The molecule has 1 unspecified atom stereocenters. The first kappa shape index (κ1) is 13.1. The fraction of sp³-hybridized carbons (Fsp3) is 0.455. The lowest BCUT2D eigenvalue weighted by Gasteiger charge is -2.18. The first-order valence-electron chi connectivity index (χ1n) is 4.82. The predicted molar refractivity (Wildman–Crippen MR) is 63.4 cm³/mol. The highest BCUT2D eigenvalue weighted by molar-refractivity contribution is 6.33. The lowest BCUT2D eigenvalue weighted by atomic mass is 10.1. The molecule has 0 bridgehead atoms. The molecule has 1 rings (SSSR count). The topological polar surface area (TPSA) is 53.7 Å². The van der Waals surface area contributed by atoms with E-state index in [2.05, 4.69) is 0 Å². The van der Waals surface area contributed by atoms with Crippen molar-refractivity contribution in [1.29, 1.82) is 0 Å². The van der Waals surface area contributed by atoms with Gasteiger partial charge in [0.25, 0.3) is 0 Å². The molecule has 1 atom stereocenters. The number of methoxy groups -OCH3 is 3. The van der Waals surface area contributed by atoms with Crippen molar-refractivity contribution in [2.24, 2.45) is 5.73 Å². The summed E-state index contributed by atoms with van der Waals surface area (Å²) in [6.45, 7) is 0.353. The maximum atomic E-state index is 6.20. The normalized spacial score (nSPS) is 12.3. The highest BCUT2D eigenvalue weighted by atomic mass is 35.5. The average molecular weight is 246 g/mol. The SMILES string of the molecule is COc1ccc(C(CN)OC)c(Cl)c1OC. The molecule has 5 heteroatoms. The lowest BCUT2D eigenvalue weighted by molar-refractivity contribution is 0.110. The van der Waals surface area contributed by atoms with Crippen molar-refractivity contribution in [2.45, 2.75) is 6.10 Å². The number of hydrogen-bond acceptors (Lipinski definition) is 4. The maximum Gasteiger partial charge on any atom is 0.179 e. The van der Waals surface area contributed by atoms with Gasteiger partial charge >= 0.3 is 0 Å². The number of ether oxygens (including phenoxy) is 3. The van der Waals surface area contributed by atoms with Crippen molar-refractivity contribution < 1.29 is 14.2 Å². The Morgan fingerprint density at radius 1 is 1.25 bits per heavy atom. The Balaban J connectivity index is 3.22. The van der Waals surface area contributed by atoms with E-state index in [9.17, 15) is 0 Å². The molecule has 0 spiro atoms. The van der Waals surface area contributed by atoms with Gasteiger partial charge in [0.05, 0.1) is 25.3 Å². The van der Waals surface area contributed by atoms with E-state index in [1.54, 1.807) is 20.3 Å². The largest absolute Gasteiger partial charge is 0.493 e. The Hall–Kier alpha value is -0.970. The smallest absolute Gasteiger partial charge is 0.179 e. The molecule has 0 aromatic heterocycles. The molecule has 2 N–H and O–H groups in total. The molecule has 16 heavy (non-hydrogen) atoms. The quantitative estimate of drug-likeness (QED) is 0.862. The van der Waals surface area contributed by atoms with E-state index in [0.717, 1.165) is 5.56 Å². The summed E-state index contributed by atoms with van der Waals surface area (Å²) in [5, 5.41) is 0.471. The highest BCUT2D eigenvalue weighted by Crippen LogP contribution is 2.39. The van der Waals surface area contributed by atoms with Gasteiger partial charge in [0, 0.05) is 19.2 Å². The van der Waals surface area contributed by atoms with Crippen LogP contribution in [0.15, 0.2) is 12.1 Å². The standard InChI is InChI=1S/C11H16ClNO3/c1-14-8-5-4-7(9(6-13)15-2)10(12)11(8)16-3/h4-5,9H,6,13H2,1-3H3. The van der Waals surface area contributed by atoms with Crippen LogP contribution in [0, 0.1) is 0 Å². The van der Waals surface area contributed by atoms with E-state index in [0.29, 0.717) is 23.1 Å². The summed E-state index contributed by atoms with van der Waals surface area (Å²) >= 11 is 6.20. The van der Waals surface area contributed by atoms with Crippen LogP contribution in [0.5, 0.6) is 11.5 Å². The molecule has 0 amide bonds. The van der Waals surface area contributed by atoms with Gasteiger partial charge in [0.15, 0.2) is 11.5 Å². The summed E-state index contributed by atoms with van der Waals surface area (Å²) in [6.07, 6.45) is -0.243. The number of halogens is 1. The second kappa shape index (κ2) is 5.94. The number of hydrogen-bond donors (Lipinski definition) is 1. The van der Waals surface area contributed by atoms with Gasteiger partial charge in [-0.3, -0.25) is 0 Å². The van der Waals surface area contributed by atoms with Gasteiger partial charge in [0.1, 0.15) is 0 Å². The summed E-state index contributed by atoms with van der Waals surface area (Å²) < 4.78 is 15.6. The van der Waals surface area contributed by atoms with Gasteiger partial charge in [-0.25, -0.2) is 0 Å². The van der Waals surface area contributed by atoms with Gasteiger partial charge < -0.3 is 19.9 Å². The van der Waals surface area contributed by atoms with Crippen LogP contribution in [0.1, 0.15) is 11.7 Å². The Bertz CT molecular complexity index is 353. The van der Waals surface area contributed by atoms with E-state index < -0.39 is 0 Å². The van der Waals surface area contributed by atoms with Crippen LogP contribution in [-0.4, -0.2) is 27.9 Å². The zero-order valence-corrected chi connectivity index (χ0v) is 10.4. The number of benzene rings is 1. The molecule has 0 fully saturated rings. The molecule has 0 radical (unpaired) electrons. The molecule has 90 valence electrons. The Labute approximate surface area is 100 Å². The van der Waals surface area contributed by atoms with Crippen molar-refractivity contribution in [3.8, 4) is 11.5 Å². The summed E-state index contributed by atoms with van der Waals surface area (Å²) in [6, 6.07) is 3.60. The first-order valence-corrected chi connectivity index (χ1v) is 5.20. The Kier molecular flexibility index (Phi) is 4.86. The van der Waals surface area contributed by atoms with E-state index in [-0.39, 0.29) is 6.10 Å². The third kappa shape index (κ3) is 2.40. The van der Waals surface area contributed by atoms with Crippen molar-refractivity contribution >= 4 is 11.6 Å². The molecule has 1 aromatic carbocycles. The molecule has 0 saturated carbocycles. The van der Waals surface area contributed by atoms with Crippen LogP contribution < -0.4 is 15.2 Å². The molecular weight excluding hydrogens is 230 g/mol. The van der Waals surface area contributed by atoms with E-state index >= 15 is 0 Å². The third-order valence-electron chi connectivity index (χ3n) is 2.36. The maximum absolute atomic E-state index is 6.20. The fourth-order valence-electron chi connectivity index (χ4n) is 1.50. The van der Waals surface area contributed by atoms with Crippen molar-refractivity contribution in [2.75, 3.05) is 27.9 Å². The van der Waals surface area contributed by atoms with Crippen LogP contribution in [0.2, 0.25) is 5.02 Å². The predicted octanol–water partition coefficient (Wildman–Crippen LogP) is 2.00. The number of rotatable bonds is 5. The minimum Gasteiger partial charge on any atom is -0.493 e. The highest BCUT2D eigenvalue weighted by Gasteiger charge is 2.18. The van der Waals surface area contributed by atoms with Crippen molar-refractivity contribution in [1.82, 2.24) is 0 Å². The third-order valence-corrected chi connectivity index (χ3v) is 2.75. The van der Waals surface area contributed by atoms with E-state index in [4.69, 9.17) is 31.5 Å². The second-order valence-electron chi connectivity index (χ2n) is 3.16. The molecule has 0 saturated heterocycles. The first-order chi connectivity index (χ1) is 7.69. The molecule has 0 heterocycles. The zero-order chi connectivity index (χ0) is 12.1. The van der Waals surface area contributed by atoms with Gasteiger partial charge in [-0.15, -0.1) is 0 Å². The molecule has 0 aliphatic rings. The minimum atomic E-state index is -0.243. The van der Waals surface area contributed by atoms with Crippen LogP contribution in [-0.2, 0) is 4.74 Å².